The Labute approximate surface area is 184 Å². The first kappa shape index (κ1) is 20.3. The summed E-state index contributed by atoms with van der Waals surface area (Å²) in [5.41, 5.74) is 2.76. The van der Waals surface area contributed by atoms with Gasteiger partial charge in [-0.3, -0.25) is 10.1 Å². The molecule has 1 unspecified atom stereocenters. The highest BCUT2D eigenvalue weighted by atomic mass is 35.5. The minimum absolute atomic E-state index is 0.271. The number of hydrogen-bond donors (Lipinski definition) is 1. The quantitative estimate of drug-likeness (QED) is 0.397. The third-order valence-electron chi connectivity index (χ3n) is 4.17. The van der Waals surface area contributed by atoms with E-state index >= 15 is 0 Å². The fourth-order valence-electron chi connectivity index (χ4n) is 2.59. The molecule has 2 aromatic heterocycles. The molecule has 0 fully saturated rings. The van der Waals surface area contributed by atoms with Crippen LogP contribution in [-0.4, -0.2) is 27.9 Å². The number of esters is 1. The molecule has 4 aromatic rings. The maximum absolute atomic E-state index is 12.4. The number of halogens is 2. The van der Waals surface area contributed by atoms with E-state index in [1.54, 1.807) is 35.7 Å². The minimum Gasteiger partial charge on any atom is -0.449 e. The number of amides is 1. The molecule has 0 saturated heterocycles. The molecule has 152 valence electrons. The van der Waals surface area contributed by atoms with Crippen molar-refractivity contribution in [2.45, 2.75) is 13.0 Å². The molecule has 0 spiro atoms. The van der Waals surface area contributed by atoms with Gasteiger partial charge in [0.05, 0.1) is 21.3 Å². The fraction of sp³-hybridized carbons (Fsp3) is 0.100. The van der Waals surface area contributed by atoms with Gasteiger partial charge in [-0.1, -0.05) is 29.3 Å². The number of benzene rings is 2. The highest BCUT2D eigenvalue weighted by Gasteiger charge is 2.21. The Morgan fingerprint density at radius 3 is 2.80 bits per heavy atom. The largest absolute Gasteiger partial charge is 0.449 e. The number of rotatable bonds is 5. The van der Waals surface area contributed by atoms with Crippen molar-refractivity contribution in [3.63, 3.8) is 0 Å². The monoisotopic (exact) mass is 461 g/mol. The summed E-state index contributed by atoms with van der Waals surface area (Å²) in [6.07, 6.45) is 0.263. The summed E-state index contributed by atoms with van der Waals surface area (Å²) >= 11 is 13.2. The van der Waals surface area contributed by atoms with Crippen LogP contribution in [0, 0.1) is 0 Å². The number of nitrogens with one attached hydrogen (secondary N) is 1. The second kappa shape index (κ2) is 8.43. The first-order chi connectivity index (χ1) is 14.4. The smallest absolute Gasteiger partial charge is 0.338 e. The van der Waals surface area contributed by atoms with E-state index < -0.39 is 18.0 Å². The van der Waals surface area contributed by atoms with Crippen LogP contribution in [0.4, 0.5) is 5.13 Å². The van der Waals surface area contributed by atoms with Crippen molar-refractivity contribution in [1.29, 1.82) is 0 Å². The van der Waals surface area contributed by atoms with E-state index in [9.17, 15) is 9.59 Å². The maximum Gasteiger partial charge on any atom is 0.338 e. The topological polar surface area (TPSA) is 94.3 Å². The second-order valence-electron chi connectivity index (χ2n) is 6.24. The molecular weight excluding hydrogens is 449 g/mol. The highest BCUT2D eigenvalue weighted by molar-refractivity contribution is 7.14. The van der Waals surface area contributed by atoms with Crippen molar-refractivity contribution in [3.8, 4) is 11.3 Å². The summed E-state index contributed by atoms with van der Waals surface area (Å²) in [4.78, 5) is 33.1. The first-order valence-corrected chi connectivity index (χ1v) is 10.3. The Morgan fingerprint density at radius 2 is 2.00 bits per heavy atom. The average Bonchev–Trinajstić information content (AvgIpc) is 3.38. The van der Waals surface area contributed by atoms with Crippen molar-refractivity contribution in [3.05, 3.63) is 63.8 Å². The molecule has 1 N–H and O–H groups in total. The predicted molar refractivity (Wildman–Crippen MR) is 115 cm³/mol. The van der Waals surface area contributed by atoms with Crippen molar-refractivity contribution in [1.82, 2.24) is 9.97 Å². The summed E-state index contributed by atoms with van der Waals surface area (Å²) in [5, 5.41) is 5.65. The maximum atomic E-state index is 12.4. The molecule has 1 atom stereocenters. The van der Waals surface area contributed by atoms with Gasteiger partial charge in [0.1, 0.15) is 5.52 Å². The van der Waals surface area contributed by atoms with Crippen LogP contribution in [0.2, 0.25) is 10.0 Å². The number of hydrogen-bond acceptors (Lipinski definition) is 7. The van der Waals surface area contributed by atoms with Gasteiger partial charge >= 0.3 is 5.97 Å². The van der Waals surface area contributed by atoms with Gasteiger partial charge in [-0.25, -0.2) is 14.8 Å². The molecule has 4 rings (SSSR count). The number of oxazole rings is 1. The Kier molecular flexibility index (Phi) is 5.72. The predicted octanol–water partition coefficient (Wildman–Crippen LogP) is 5.44. The lowest BCUT2D eigenvalue weighted by molar-refractivity contribution is -0.123. The van der Waals surface area contributed by atoms with Crippen molar-refractivity contribution < 1.29 is 18.7 Å². The molecule has 0 saturated carbocycles. The van der Waals surface area contributed by atoms with Gasteiger partial charge in [-0.2, -0.15) is 0 Å². The minimum atomic E-state index is -1.03. The van der Waals surface area contributed by atoms with Gasteiger partial charge in [0.15, 0.2) is 23.2 Å². The zero-order chi connectivity index (χ0) is 21.3. The van der Waals surface area contributed by atoms with Crippen molar-refractivity contribution >= 4 is 62.6 Å². The molecular formula is C20H13Cl2N3O4S. The Morgan fingerprint density at radius 1 is 1.17 bits per heavy atom. The normalized spacial score (nSPS) is 12.0. The van der Waals surface area contributed by atoms with Gasteiger partial charge in [0.2, 0.25) is 0 Å². The van der Waals surface area contributed by atoms with E-state index in [0.29, 0.717) is 32.0 Å². The number of nitrogens with zero attached hydrogens (tertiary/aromatic N) is 2. The van der Waals surface area contributed by atoms with E-state index in [2.05, 4.69) is 15.3 Å². The fourth-order valence-corrected chi connectivity index (χ4v) is 3.61. The van der Waals surface area contributed by atoms with E-state index in [4.69, 9.17) is 32.4 Å². The van der Waals surface area contributed by atoms with Crippen LogP contribution >= 0.6 is 34.5 Å². The average molecular weight is 462 g/mol. The van der Waals surface area contributed by atoms with E-state index in [-0.39, 0.29) is 5.56 Å². The lowest BCUT2D eigenvalue weighted by Crippen LogP contribution is -2.29. The zero-order valence-electron chi connectivity index (χ0n) is 15.4. The van der Waals surface area contributed by atoms with E-state index in [1.807, 2.05) is 0 Å². The molecule has 2 aromatic carbocycles. The highest BCUT2D eigenvalue weighted by Crippen LogP contribution is 2.30. The molecule has 0 aliphatic carbocycles. The number of aromatic nitrogens is 2. The molecule has 1 amide bonds. The van der Waals surface area contributed by atoms with E-state index in [0.717, 1.165) is 5.56 Å². The molecule has 30 heavy (non-hydrogen) atoms. The lowest BCUT2D eigenvalue weighted by Gasteiger charge is -2.12. The Hall–Kier alpha value is -2.94. The van der Waals surface area contributed by atoms with Crippen LogP contribution < -0.4 is 5.32 Å². The summed E-state index contributed by atoms with van der Waals surface area (Å²) in [6, 6.07) is 9.85. The number of carbonyl (C=O) groups excluding carboxylic acids is 2. The van der Waals surface area contributed by atoms with Crippen LogP contribution in [0.1, 0.15) is 17.3 Å². The summed E-state index contributed by atoms with van der Waals surface area (Å²) in [5.74, 6) is -1.14. The van der Waals surface area contributed by atoms with Gasteiger partial charge in [0.25, 0.3) is 5.91 Å². The molecule has 10 heteroatoms. The number of fused-ring (bicyclic) bond motifs is 1. The molecule has 0 bridgehead atoms. The molecule has 7 nitrogen and oxygen atoms in total. The van der Waals surface area contributed by atoms with Crippen LogP contribution in [-0.2, 0) is 9.53 Å². The number of ether oxygens (including phenoxy) is 1. The summed E-state index contributed by atoms with van der Waals surface area (Å²) < 4.78 is 10.4. The third kappa shape index (κ3) is 4.30. The molecule has 0 aliphatic rings. The summed E-state index contributed by atoms with van der Waals surface area (Å²) in [6.45, 7) is 1.48. The summed E-state index contributed by atoms with van der Waals surface area (Å²) in [7, 11) is 0. The lowest BCUT2D eigenvalue weighted by atomic mass is 10.2. The van der Waals surface area contributed by atoms with Crippen molar-refractivity contribution in [2.24, 2.45) is 0 Å². The first-order valence-electron chi connectivity index (χ1n) is 8.67. The third-order valence-corrected chi connectivity index (χ3v) is 5.67. The van der Waals surface area contributed by atoms with Gasteiger partial charge < -0.3 is 9.15 Å². The number of carbonyl (C=O) groups is 2. The molecule has 2 heterocycles. The molecule has 0 aliphatic heterocycles. The van der Waals surface area contributed by atoms with Crippen LogP contribution in [0.25, 0.3) is 22.4 Å². The molecule has 0 radical (unpaired) electrons. The van der Waals surface area contributed by atoms with E-state index in [1.165, 1.54) is 30.7 Å². The van der Waals surface area contributed by atoms with Crippen LogP contribution in [0.3, 0.4) is 0 Å². The van der Waals surface area contributed by atoms with Gasteiger partial charge in [-0.05, 0) is 37.3 Å². The van der Waals surface area contributed by atoms with Crippen LogP contribution in [0.5, 0.6) is 0 Å². The number of thiazole rings is 1. The van der Waals surface area contributed by atoms with Crippen molar-refractivity contribution in [2.75, 3.05) is 5.32 Å². The zero-order valence-corrected chi connectivity index (χ0v) is 17.7. The standard InChI is InChI=1S/C20H13Cl2N3O4S/c1-10(29-19(27)12-3-5-17-15(7-12)23-9-28-17)18(26)25-20-24-16(8-30-20)11-2-4-13(21)14(22)6-11/h2-10H,1H3,(H,24,25,26). The van der Waals surface area contributed by atoms with Gasteiger partial charge in [-0.15, -0.1) is 11.3 Å². The Bertz CT molecular complexity index is 1250. The Balaban J connectivity index is 1.40. The second-order valence-corrected chi connectivity index (χ2v) is 7.91. The number of anilines is 1. The van der Waals surface area contributed by atoms with Crippen LogP contribution in [0.15, 0.2) is 52.6 Å². The SMILES string of the molecule is CC(OC(=O)c1ccc2ocnc2c1)C(=O)Nc1nc(-c2ccc(Cl)c(Cl)c2)cs1. The van der Waals surface area contributed by atoms with Gasteiger partial charge in [0, 0.05) is 10.9 Å².